The van der Waals surface area contributed by atoms with Gasteiger partial charge < -0.3 is 14.2 Å². The Kier molecular flexibility index (Phi) is 2.82. The van der Waals surface area contributed by atoms with Gasteiger partial charge in [0.25, 0.3) is 0 Å². The van der Waals surface area contributed by atoms with Crippen LogP contribution in [0.4, 0.5) is 0 Å². The number of carbonyl (C=O) groups is 1. The van der Waals surface area contributed by atoms with Crippen LogP contribution < -0.4 is 0 Å². The van der Waals surface area contributed by atoms with E-state index in [9.17, 15) is 4.79 Å². The third kappa shape index (κ3) is 2.06. The van der Waals surface area contributed by atoms with Crippen molar-refractivity contribution >= 4 is 5.97 Å². The van der Waals surface area contributed by atoms with Crippen LogP contribution in [0, 0.1) is 0 Å². The van der Waals surface area contributed by atoms with Gasteiger partial charge in [-0.3, -0.25) is 0 Å². The lowest BCUT2D eigenvalue weighted by atomic mass is 10.1. The molecule has 4 nitrogen and oxygen atoms in total. The largest absolute Gasteiger partial charge is 0.453 e. The quantitative estimate of drug-likeness (QED) is 0.725. The van der Waals surface area contributed by atoms with Crippen molar-refractivity contribution in [3.63, 3.8) is 0 Å². The topological polar surface area (TPSA) is 44.8 Å². The van der Waals surface area contributed by atoms with Crippen LogP contribution >= 0.6 is 0 Å². The van der Waals surface area contributed by atoms with Crippen LogP contribution in [0.3, 0.4) is 0 Å². The molecule has 0 saturated carbocycles. The molecule has 0 aliphatic carbocycles. The second-order valence-corrected chi connectivity index (χ2v) is 4.31. The van der Waals surface area contributed by atoms with E-state index in [-0.39, 0.29) is 24.3 Å². The molecule has 0 radical (unpaired) electrons. The van der Waals surface area contributed by atoms with E-state index in [2.05, 4.69) is 0 Å². The van der Waals surface area contributed by atoms with Crippen LogP contribution in [-0.2, 0) is 14.2 Å². The fraction of sp³-hybridized carbons (Fsp3) is 0.462. The summed E-state index contributed by atoms with van der Waals surface area (Å²) in [7, 11) is 0. The third-order valence-electron chi connectivity index (χ3n) is 3.19. The smallest absolute Gasteiger partial charge is 0.338 e. The summed E-state index contributed by atoms with van der Waals surface area (Å²) in [6.07, 6.45) is 0.644. The number of rotatable bonds is 2. The van der Waals surface area contributed by atoms with E-state index >= 15 is 0 Å². The molecule has 0 amide bonds. The molecule has 3 atom stereocenters. The second-order valence-electron chi connectivity index (χ2n) is 4.31. The first-order valence-corrected chi connectivity index (χ1v) is 5.84. The summed E-state index contributed by atoms with van der Waals surface area (Å²) in [6.45, 7) is 1.13. The summed E-state index contributed by atoms with van der Waals surface area (Å²) in [5, 5.41) is 0. The number of benzene rings is 1. The molecule has 0 N–H and O–H groups in total. The van der Waals surface area contributed by atoms with E-state index in [0.717, 1.165) is 6.42 Å². The van der Waals surface area contributed by atoms with Gasteiger partial charge >= 0.3 is 5.97 Å². The number of ether oxygens (including phenoxy) is 3. The molecule has 0 aromatic heterocycles. The van der Waals surface area contributed by atoms with Crippen LogP contribution in [0.1, 0.15) is 16.8 Å². The van der Waals surface area contributed by atoms with Crippen LogP contribution in [0.5, 0.6) is 0 Å². The monoisotopic (exact) mass is 234 g/mol. The molecule has 2 heterocycles. The van der Waals surface area contributed by atoms with Crippen molar-refractivity contribution in [3.8, 4) is 0 Å². The highest BCUT2D eigenvalue weighted by Crippen LogP contribution is 2.28. The summed E-state index contributed by atoms with van der Waals surface area (Å²) in [5.74, 6) is -0.310. The highest BCUT2D eigenvalue weighted by molar-refractivity contribution is 5.89. The average molecular weight is 234 g/mol. The predicted molar refractivity (Wildman–Crippen MR) is 59.7 cm³/mol. The van der Waals surface area contributed by atoms with E-state index in [1.807, 2.05) is 18.2 Å². The Morgan fingerprint density at radius 2 is 2.06 bits per heavy atom. The first-order valence-electron chi connectivity index (χ1n) is 5.84. The summed E-state index contributed by atoms with van der Waals surface area (Å²) in [6, 6.07) is 8.98. The molecule has 17 heavy (non-hydrogen) atoms. The van der Waals surface area contributed by atoms with Gasteiger partial charge in [0.05, 0.1) is 18.3 Å². The summed E-state index contributed by atoms with van der Waals surface area (Å²) >= 11 is 0. The lowest BCUT2D eigenvalue weighted by Crippen LogP contribution is -2.32. The van der Waals surface area contributed by atoms with Gasteiger partial charge in [0.15, 0.2) is 6.10 Å². The second kappa shape index (κ2) is 4.47. The molecule has 1 aromatic rings. The molecule has 4 heteroatoms. The molecular formula is C13H14O4. The fourth-order valence-electron chi connectivity index (χ4n) is 2.31. The maximum Gasteiger partial charge on any atom is 0.338 e. The molecule has 0 bridgehead atoms. The molecule has 3 rings (SSSR count). The SMILES string of the molecule is O=C(O[C@@H]1CO[C@@H]2CCO[C@@H]21)c1ccccc1. The molecule has 2 saturated heterocycles. The maximum absolute atomic E-state index is 11.9. The van der Waals surface area contributed by atoms with Gasteiger partial charge in [-0.05, 0) is 18.6 Å². The Morgan fingerprint density at radius 1 is 1.24 bits per heavy atom. The van der Waals surface area contributed by atoms with Crippen LogP contribution in [0.15, 0.2) is 30.3 Å². The molecule has 90 valence electrons. The zero-order valence-corrected chi connectivity index (χ0v) is 9.37. The van der Waals surface area contributed by atoms with E-state index < -0.39 is 0 Å². The number of fused-ring (bicyclic) bond motifs is 1. The van der Waals surface area contributed by atoms with Crippen molar-refractivity contribution < 1.29 is 19.0 Å². The summed E-state index contributed by atoms with van der Waals surface area (Å²) in [4.78, 5) is 11.9. The number of hydrogen-bond acceptors (Lipinski definition) is 4. The van der Waals surface area contributed by atoms with Crippen molar-refractivity contribution in [2.45, 2.75) is 24.7 Å². The predicted octanol–water partition coefficient (Wildman–Crippen LogP) is 1.40. The molecule has 0 unspecified atom stereocenters. The van der Waals surface area contributed by atoms with Crippen LogP contribution in [-0.4, -0.2) is 37.5 Å². The van der Waals surface area contributed by atoms with Crippen molar-refractivity contribution in [2.75, 3.05) is 13.2 Å². The zero-order valence-electron chi connectivity index (χ0n) is 9.37. The van der Waals surface area contributed by atoms with Crippen molar-refractivity contribution in [1.29, 1.82) is 0 Å². The number of carbonyl (C=O) groups excluding carboxylic acids is 1. The Labute approximate surface area is 99.5 Å². The molecule has 1 aromatic carbocycles. The summed E-state index contributed by atoms with van der Waals surface area (Å²) in [5.41, 5.74) is 0.564. The van der Waals surface area contributed by atoms with E-state index in [4.69, 9.17) is 14.2 Å². The van der Waals surface area contributed by atoms with Crippen molar-refractivity contribution in [2.24, 2.45) is 0 Å². The lowest BCUT2D eigenvalue weighted by Gasteiger charge is -2.16. The minimum absolute atomic E-state index is 0.0809. The van der Waals surface area contributed by atoms with Gasteiger partial charge in [-0.1, -0.05) is 18.2 Å². The minimum atomic E-state index is -0.310. The van der Waals surface area contributed by atoms with E-state index in [0.29, 0.717) is 18.8 Å². The van der Waals surface area contributed by atoms with Crippen molar-refractivity contribution in [1.82, 2.24) is 0 Å². The zero-order chi connectivity index (χ0) is 11.7. The van der Waals surface area contributed by atoms with Gasteiger partial charge in [0.2, 0.25) is 0 Å². The average Bonchev–Trinajstić information content (AvgIpc) is 2.95. The van der Waals surface area contributed by atoms with Crippen LogP contribution in [0.2, 0.25) is 0 Å². The van der Waals surface area contributed by atoms with Gasteiger partial charge in [-0.25, -0.2) is 4.79 Å². The standard InChI is InChI=1S/C13H14O4/c14-13(9-4-2-1-3-5-9)17-11-8-16-10-6-7-15-12(10)11/h1-5,10-12H,6-8H2/t10-,11-,12+/m1/s1. The normalized spacial score (nSPS) is 31.2. The van der Waals surface area contributed by atoms with Gasteiger partial charge in [-0.2, -0.15) is 0 Å². The first-order chi connectivity index (χ1) is 8.34. The summed E-state index contributed by atoms with van der Waals surface area (Å²) < 4.78 is 16.5. The molecular weight excluding hydrogens is 220 g/mol. The van der Waals surface area contributed by atoms with E-state index in [1.54, 1.807) is 12.1 Å². The Balaban J connectivity index is 1.66. The molecule has 0 spiro atoms. The van der Waals surface area contributed by atoms with Gasteiger partial charge in [-0.15, -0.1) is 0 Å². The van der Waals surface area contributed by atoms with Crippen LogP contribution in [0.25, 0.3) is 0 Å². The highest BCUT2D eigenvalue weighted by atomic mass is 16.6. The van der Waals surface area contributed by atoms with E-state index in [1.165, 1.54) is 0 Å². The third-order valence-corrected chi connectivity index (χ3v) is 3.19. The molecule has 2 aliphatic rings. The van der Waals surface area contributed by atoms with Gasteiger partial charge in [0.1, 0.15) is 6.10 Å². The Morgan fingerprint density at radius 3 is 2.88 bits per heavy atom. The molecule has 2 fully saturated rings. The lowest BCUT2D eigenvalue weighted by molar-refractivity contribution is -0.0148. The number of esters is 1. The van der Waals surface area contributed by atoms with Crippen molar-refractivity contribution in [3.05, 3.63) is 35.9 Å². The Bertz CT molecular complexity index is 403. The highest BCUT2D eigenvalue weighted by Gasteiger charge is 2.44. The molecule has 2 aliphatic heterocycles. The fourth-order valence-corrected chi connectivity index (χ4v) is 2.31. The maximum atomic E-state index is 11.9. The first kappa shape index (κ1) is 10.7. The Hall–Kier alpha value is -1.39. The minimum Gasteiger partial charge on any atom is -0.453 e. The number of hydrogen-bond donors (Lipinski definition) is 0. The van der Waals surface area contributed by atoms with Gasteiger partial charge in [0, 0.05) is 6.61 Å².